The number of hydrogen-bond acceptors (Lipinski definition) is 5. The van der Waals surface area contributed by atoms with Crippen LogP contribution in [0.2, 0.25) is 0 Å². The van der Waals surface area contributed by atoms with Gasteiger partial charge in [-0.15, -0.1) is 11.8 Å². The Labute approximate surface area is 233 Å². The first-order valence-corrected chi connectivity index (χ1v) is 14.4. The molecule has 2 aromatic carbocycles. The van der Waals surface area contributed by atoms with Crippen molar-refractivity contribution >= 4 is 29.4 Å². The van der Waals surface area contributed by atoms with E-state index in [1.165, 1.54) is 23.9 Å². The fraction of sp³-hybridized carbons (Fsp3) is 0.433. The molecule has 1 aromatic heterocycles. The van der Waals surface area contributed by atoms with E-state index in [4.69, 9.17) is 9.84 Å². The minimum absolute atomic E-state index is 0.00208. The van der Waals surface area contributed by atoms with Crippen molar-refractivity contribution in [3.8, 4) is 5.69 Å². The minimum Gasteiger partial charge on any atom is -0.376 e. The van der Waals surface area contributed by atoms with Crippen molar-refractivity contribution in [2.75, 3.05) is 30.3 Å². The number of nitrogens with zero attached hydrogens (tertiary/aromatic N) is 3. The number of amides is 2. The second kappa shape index (κ2) is 11.1. The number of fused-ring (bicyclic) bond motifs is 1. The van der Waals surface area contributed by atoms with E-state index in [1.807, 2.05) is 37.3 Å². The van der Waals surface area contributed by atoms with Gasteiger partial charge in [0.05, 0.1) is 28.5 Å². The number of benzene rings is 2. The van der Waals surface area contributed by atoms with Gasteiger partial charge in [0.2, 0.25) is 11.8 Å². The Morgan fingerprint density at radius 1 is 1.21 bits per heavy atom. The molecule has 0 bridgehead atoms. The average molecular weight is 551 g/mol. The van der Waals surface area contributed by atoms with Gasteiger partial charge in [0, 0.05) is 24.1 Å². The zero-order valence-corrected chi connectivity index (χ0v) is 23.7. The first-order chi connectivity index (χ1) is 18.6. The number of thioether (sulfide) groups is 1. The van der Waals surface area contributed by atoms with E-state index >= 15 is 0 Å². The maximum absolute atomic E-state index is 14.4. The summed E-state index contributed by atoms with van der Waals surface area (Å²) in [4.78, 5) is 28.5. The zero-order valence-electron chi connectivity index (χ0n) is 22.9. The van der Waals surface area contributed by atoms with E-state index in [9.17, 15) is 14.0 Å². The summed E-state index contributed by atoms with van der Waals surface area (Å²) in [5.74, 6) is -0.0758. The maximum Gasteiger partial charge on any atom is 0.240 e. The molecule has 206 valence electrons. The first-order valence-electron chi connectivity index (χ1n) is 13.4. The van der Waals surface area contributed by atoms with Gasteiger partial charge in [-0.25, -0.2) is 9.07 Å². The SMILES string of the molecule is Cc1ccccc1-n1nc(C(C)(C)C)c2c1N(CC(=O)NC[C@H]1CCCO1)C(=O)CS[C@@H]2c1cccc(F)c1. The fourth-order valence-electron chi connectivity index (χ4n) is 5.21. The predicted molar refractivity (Wildman–Crippen MR) is 152 cm³/mol. The van der Waals surface area contributed by atoms with Gasteiger partial charge >= 0.3 is 0 Å². The van der Waals surface area contributed by atoms with Gasteiger partial charge in [0.15, 0.2) is 0 Å². The third kappa shape index (κ3) is 5.75. The van der Waals surface area contributed by atoms with Crippen LogP contribution in [0, 0.1) is 12.7 Å². The van der Waals surface area contributed by atoms with Crippen LogP contribution >= 0.6 is 11.8 Å². The van der Waals surface area contributed by atoms with Crippen LogP contribution in [0.5, 0.6) is 0 Å². The van der Waals surface area contributed by atoms with Crippen molar-refractivity contribution in [3.63, 3.8) is 0 Å². The van der Waals surface area contributed by atoms with Crippen molar-refractivity contribution in [1.29, 1.82) is 0 Å². The Hall–Kier alpha value is -3.17. The van der Waals surface area contributed by atoms with Crippen molar-refractivity contribution in [3.05, 3.63) is 76.7 Å². The normalized spacial score (nSPS) is 19.6. The van der Waals surface area contributed by atoms with Crippen molar-refractivity contribution in [2.45, 2.75) is 57.3 Å². The molecule has 9 heteroatoms. The number of rotatable bonds is 6. The number of carbonyl (C=O) groups excluding carboxylic acids is 2. The van der Waals surface area contributed by atoms with Crippen LogP contribution in [-0.2, 0) is 19.7 Å². The second-order valence-corrected chi connectivity index (χ2v) is 12.3. The predicted octanol–water partition coefficient (Wildman–Crippen LogP) is 5.08. The summed E-state index contributed by atoms with van der Waals surface area (Å²) in [7, 11) is 0. The molecule has 0 radical (unpaired) electrons. The molecule has 2 atom stereocenters. The Bertz CT molecular complexity index is 1380. The summed E-state index contributed by atoms with van der Waals surface area (Å²) < 4.78 is 21.9. The highest BCUT2D eigenvalue weighted by Crippen LogP contribution is 2.48. The van der Waals surface area contributed by atoms with Crippen LogP contribution in [0.15, 0.2) is 48.5 Å². The summed E-state index contributed by atoms with van der Waals surface area (Å²) in [6.07, 6.45) is 1.90. The van der Waals surface area contributed by atoms with Crippen LogP contribution in [0.4, 0.5) is 10.2 Å². The lowest BCUT2D eigenvalue weighted by Gasteiger charge is -2.25. The number of anilines is 1. The number of carbonyl (C=O) groups is 2. The number of para-hydroxylation sites is 1. The Morgan fingerprint density at radius 2 is 2.00 bits per heavy atom. The molecule has 1 fully saturated rings. The van der Waals surface area contributed by atoms with Crippen LogP contribution < -0.4 is 10.2 Å². The number of aryl methyl sites for hydroxylation is 1. The summed E-state index contributed by atoms with van der Waals surface area (Å²) in [6.45, 7) is 9.22. The zero-order chi connectivity index (χ0) is 27.7. The molecule has 2 amide bonds. The van der Waals surface area contributed by atoms with E-state index in [0.29, 0.717) is 19.0 Å². The van der Waals surface area contributed by atoms with Crippen LogP contribution in [-0.4, -0.2) is 53.1 Å². The second-order valence-electron chi connectivity index (χ2n) is 11.2. The monoisotopic (exact) mass is 550 g/mol. The molecule has 3 heterocycles. The van der Waals surface area contributed by atoms with E-state index in [-0.39, 0.29) is 46.7 Å². The molecular formula is C30H35FN4O3S. The Morgan fingerprint density at radius 3 is 2.69 bits per heavy atom. The molecule has 39 heavy (non-hydrogen) atoms. The van der Waals surface area contributed by atoms with Gasteiger partial charge < -0.3 is 10.1 Å². The molecule has 0 unspecified atom stereocenters. The van der Waals surface area contributed by atoms with Crippen molar-refractivity contribution in [1.82, 2.24) is 15.1 Å². The van der Waals surface area contributed by atoms with Gasteiger partial charge in [0.25, 0.3) is 0 Å². The molecule has 1 N–H and O–H groups in total. The molecule has 3 aromatic rings. The quantitative estimate of drug-likeness (QED) is 0.463. The molecule has 7 nitrogen and oxygen atoms in total. The number of hydrogen-bond donors (Lipinski definition) is 1. The van der Waals surface area contributed by atoms with Gasteiger partial charge in [-0.3, -0.25) is 14.5 Å². The van der Waals surface area contributed by atoms with Gasteiger partial charge in [-0.1, -0.05) is 51.1 Å². The lowest BCUT2D eigenvalue weighted by molar-refractivity contribution is -0.123. The molecule has 0 saturated carbocycles. The van der Waals surface area contributed by atoms with Gasteiger partial charge in [-0.2, -0.15) is 5.10 Å². The van der Waals surface area contributed by atoms with E-state index in [2.05, 4.69) is 26.1 Å². The third-order valence-corrected chi connectivity index (χ3v) is 8.40. The highest BCUT2D eigenvalue weighted by molar-refractivity contribution is 8.00. The molecular weight excluding hydrogens is 515 g/mol. The van der Waals surface area contributed by atoms with Crippen molar-refractivity contribution in [2.24, 2.45) is 0 Å². The van der Waals surface area contributed by atoms with E-state index in [1.54, 1.807) is 15.6 Å². The summed E-state index contributed by atoms with van der Waals surface area (Å²) in [5.41, 5.74) is 3.82. The molecule has 1 saturated heterocycles. The van der Waals surface area contributed by atoms with Crippen LogP contribution in [0.25, 0.3) is 5.69 Å². The minimum atomic E-state index is -0.384. The largest absolute Gasteiger partial charge is 0.376 e. The topological polar surface area (TPSA) is 76.5 Å². The number of halogens is 1. The average Bonchev–Trinajstić information content (AvgIpc) is 3.52. The smallest absolute Gasteiger partial charge is 0.240 e. The van der Waals surface area contributed by atoms with Gasteiger partial charge in [-0.05, 0) is 49.1 Å². The van der Waals surface area contributed by atoms with Crippen molar-refractivity contribution < 1.29 is 18.7 Å². The summed E-state index contributed by atoms with van der Waals surface area (Å²) >= 11 is 1.44. The van der Waals surface area contributed by atoms with Gasteiger partial charge in [0.1, 0.15) is 18.2 Å². The third-order valence-electron chi connectivity index (χ3n) is 7.15. The van der Waals surface area contributed by atoms with Crippen LogP contribution in [0.1, 0.15) is 61.2 Å². The Kier molecular flexibility index (Phi) is 7.82. The van der Waals surface area contributed by atoms with Crippen LogP contribution in [0.3, 0.4) is 0 Å². The van der Waals surface area contributed by atoms with E-state index in [0.717, 1.165) is 40.9 Å². The Balaban J connectivity index is 1.66. The lowest BCUT2D eigenvalue weighted by Crippen LogP contribution is -2.44. The number of aromatic nitrogens is 2. The maximum atomic E-state index is 14.4. The summed E-state index contributed by atoms with van der Waals surface area (Å²) in [5, 5.41) is 7.72. The first kappa shape index (κ1) is 27.4. The molecule has 2 aliphatic rings. The lowest BCUT2D eigenvalue weighted by atomic mass is 9.87. The fourth-order valence-corrected chi connectivity index (χ4v) is 6.40. The molecule has 5 rings (SSSR count). The summed E-state index contributed by atoms with van der Waals surface area (Å²) in [6, 6.07) is 14.4. The highest BCUT2D eigenvalue weighted by atomic mass is 32.2. The molecule has 0 spiro atoms. The van der Waals surface area contributed by atoms with E-state index < -0.39 is 0 Å². The number of nitrogens with one attached hydrogen (secondary N) is 1. The standard InChI is InChI=1S/C30H35FN4O3S/c1-19-9-5-6-13-23(19)35-29-26(28(33-35)30(2,3)4)27(20-10-7-11-21(31)15-20)39-18-25(37)34(29)17-24(36)32-16-22-12-8-14-38-22/h5-7,9-11,13,15,22,27H,8,12,14,16-18H2,1-4H3,(H,32,36)/t22-,27-/m1/s1. The molecule has 2 aliphatic heterocycles. The molecule has 0 aliphatic carbocycles. The highest BCUT2D eigenvalue weighted by Gasteiger charge is 2.40. The number of ether oxygens (including phenoxy) is 1.